The predicted octanol–water partition coefficient (Wildman–Crippen LogP) is -0.889. The molecule has 0 aliphatic rings. The number of rotatable bonds is 9. The van der Waals surface area contributed by atoms with Crippen molar-refractivity contribution in [1.29, 1.82) is 0 Å². The van der Waals surface area contributed by atoms with Crippen molar-refractivity contribution in [1.82, 2.24) is 10.6 Å². The van der Waals surface area contributed by atoms with Gasteiger partial charge in [0.05, 0.1) is 13.2 Å². The van der Waals surface area contributed by atoms with Crippen molar-refractivity contribution in [2.45, 2.75) is 13.3 Å². The van der Waals surface area contributed by atoms with Gasteiger partial charge in [-0.3, -0.25) is 4.79 Å². The molecule has 0 fully saturated rings. The van der Waals surface area contributed by atoms with Crippen LogP contribution < -0.4 is 10.6 Å². The van der Waals surface area contributed by atoms with Gasteiger partial charge in [0.25, 0.3) is 0 Å². The summed E-state index contributed by atoms with van der Waals surface area (Å²) < 4.78 is 5.07. The van der Waals surface area contributed by atoms with Gasteiger partial charge in [0.2, 0.25) is 5.91 Å². The van der Waals surface area contributed by atoms with Gasteiger partial charge in [0, 0.05) is 26.6 Å². The van der Waals surface area contributed by atoms with Gasteiger partial charge < -0.3 is 20.5 Å². The Morgan fingerprint density at radius 2 is 2.07 bits per heavy atom. The van der Waals surface area contributed by atoms with Gasteiger partial charge in [-0.25, -0.2) is 0 Å². The van der Waals surface area contributed by atoms with Crippen LogP contribution in [0.25, 0.3) is 0 Å². The minimum atomic E-state index is -0.00178. The minimum Gasteiger partial charge on any atom is -0.394 e. The zero-order valence-corrected chi connectivity index (χ0v) is 8.71. The largest absolute Gasteiger partial charge is 0.394 e. The van der Waals surface area contributed by atoms with Crippen LogP contribution in [0.1, 0.15) is 13.3 Å². The summed E-state index contributed by atoms with van der Waals surface area (Å²) in [7, 11) is 0. The van der Waals surface area contributed by atoms with E-state index in [1.54, 1.807) is 0 Å². The summed E-state index contributed by atoms with van der Waals surface area (Å²) in [4.78, 5) is 10.5. The Labute approximate surface area is 84.8 Å². The number of amides is 1. The Bertz CT molecular complexity index is 142. The van der Waals surface area contributed by atoms with Crippen LogP contribution in [0.5, 0.6) is 0 Å². The molecule has 0 bridgehead atoms. The van der Waals surface area contributed by atoms with E-state index in [1.165, 1.54) is 6.92 Å². The van der Waals surface area contributed by atoms with E-state index in [2.05, 4.69) is 10.6 Å². The fourth-order valence-corrected chi connectivity index (χ4v) is 0.918. The molecule has 0 saturated heterocycles. The molecule has 0 aromatic rings. The fraction of sp³-hybridized carbons (Fsp3) is 0.889. The molecule has 14 heavy (non-hydrogen) atoms. The zero-order valence-electron chi connectivity index (χ0n) is 8.71. The van der Waals surface area contributed by atoms with Crippen molar-refractivity contribution in [3.63, 3.8) is 0 Å². The second kappa shape index (κ2) is 10.4. The van der Waals surface area contributed by atoms with Crippen molar-refractivity contribution >= 4 is 5.91 Å². The van der Waals surface area contributed by atoms with Crippen LogP contribution in [0.4, 0.5) is 0 Å². The molecular formula is C9H20N2O3. The van der Waals surface area contributed by atoms with E-state index < -0.39 is 0 Å². The Morgan fingerprint density at radius 1 is 1.29 bits per heavy atom. The molecule has 0 radical (unpaired) electrons. The van der Waals surface area contributed by atoms with Gasteiger partial charge in [-0.2, -0.15) is 0 Å². The van der Waals surface area contributed by atoms with Crippen LogP contribution in [0.15, 0.2) is 0 Å². The fourth-order valence-electron chi connectivity index (χ4n) is 0.918. The van der Waals surface area contributed by atoms with Gasteiger partial charge in [0.15, 0.2) is 0 Å². The van der Waals surface area contributed by atoms with E-state index in [9.17, 15) is 4.79 Å². The maximum Gasteiger partial charge on any atom is 0.216 e. The third kappa shape index (κ3) is 11.4. The Hall–Kier alpha value is -0.650. The molecule has 0 atom stereocenters. The maximum atomic E-state index is 10.5. The van der Waals surface area contributed by atoms with E-state index in [1.807, 2.05) is 0 Å². The van der Waals surface area contributed by atoms with Crippen molar-refractivity contribution in [2.75, 3.05) is 39.5 Å². The second-order valence-corrected chi connectivity index (χ2v) is 2.92. The van der Waals surface area contributed by atoms with E-state index in [0.29, 0.717) is 19.8 Å². The number of hydrogen-bond donors (Lipinski definition) is 3. The number of ether oxygens (including phenoxy) is 1. The lowest BCUT2D eigenvalue weighted by molar-refractivity contribution is -0.118. The lowest BCUT2D eigenvalue weighted by Gasteiger charge is -2.05. The smallest absolute Gasteiger partial charge is 0.216 e. The Kier molecular flexibility index (Phi) is 9.95. The number of carbonyl (C=O) groups excluding carboxylic acids is 1. The summed E-state index contributed by atoms with van der Waals surface area (Å²) in [5.41, 5.74) is 0. The number of nitrogens with one attached hydrogen (secondary N) is 2. The molecule has 84 valence electrons. The van der Waals surface area contributed by atoms with Crippen LogP contribution in [-0.4, -0.2) is 50.5 Å². The quantitative estimate of drug-likeness (QED) is 0.426. The molecule has 0 unspecified atom stereocenters. The molecule has 0 aliphatic heterocycles. The van der Waals surface area contributed by atoms with Gasteiger partial charge in [-0.05, 0) is 13.0 Å². The normalized spacial score (nSPS) is 10.1. The molecule has 0 heterocycles. The van der Waals surface area contributed by atoms with Crippen molar-refractivity contribution in [2.24, 2.45) is 0 Å². The van der Waals surface area contributed by atoms with Gasteiger partial charge in [-0.1, -0.05) is 0 Å². The first-order chi connectivity index (χ1) is 6.77. The standard InChI is InChI=1S/C9H20N2O3/c1-9(13)11-5-4-10-3-2-7-14-8-6-12/h10,12H,2-8H2,1H3,(H,11,13). The van der Waals surface area contributed by atoms with Crippen molar-refractivity contribution in [3.05, 3.63) is 0 Å². The second-order valence-electron chi connectivity index (χ2n) is 2.92. The average Bonchev–Trinajstić information content (AvgIpc) is 2.15. The molecule has 0 aliphatic carbocycles. The summed E-state index contributed by atoms with van der Waals surface area (Å²) in [6, 6.07) is 0. The van der Waals surface area contributed by atoms with Gasteiger partial charge >= 0.3 is 0 Å². The van der Waals surface area contributed by atoms with E-state index in [0.717, 1.165) is 19.5 Å². The minimum absolute atomic E-state index is 0.00178. The summed E-state index contributed by atoms with van der Waals surface area (Å²) in [5, 5.41) is 14.3. The topological polar surface area (TPSA) is 70.6 Å². The van der Waals surface area contributed by atoms with Crippen LogP contribution in [0.2, 0.25) is 0 Å². The van der Waals surface area contributed by atoms with Crippen LogP contribution in [0, 0.1) is 0 Å². The van der Waals surface area contributed by atoms with Crippen LogP contribution in [-0.2, 0) is 9.53 Å². The first-order valence-corrected chi connectivity index (χ1v) is 4.91. The monoisotopic (exact) mass is 204 g/mol. The molecule has 1 amide bonds. The third-order valence-corrected chi connectivity index (χ3v) is 1.55. The molecule has 0 saturated carbocycles. The highest BCUT2D eigenvalue weighted by molar-refractivity contribution is 5.72. The molecule has 0 rings (SSSR count). The van der Waals surface area contributed by atoms with Gasteiger partial charge in [-0.15, -0.1) is 0 Å². The molecule has 0 spiro atoms. The Balaban J connectivity index is 2.88. The van der Waals surface area contributed by atoms with Crippen LogP contribution >= 0.6 is 0 Å². The number of aliphatic hydroxyl groups is 1. The summed E-state index contributed by atoms with van der Waals surface area (Å²) in [6.45, 7) is 4.95. The van der Waals surface area contributed by atoms with Crippen molar-refractivity contribution < 1.29 is 14.6 Å². The van der Waals surface area contributed by atoms with Crippen LogP contribution in [0.3, 0.4) is 0 Å². The SMILES string of the molecule is CC(=O)NCCNCCCOCCO. The molecule has 0 aromatic carbocycles. The summed E-state index contributed by atoms with van der Waals surface area (Å²) in [6.07, 6.45) is 0.917. The van der Waals surface area contributed by atoms with E-state index in [4.69, 9.17) is 9.84 Å². The lowest BCUT2D eigenvalue weighted by Crippen LogP contribution is -2.30. The lowest BCUT2D eigenvalue weighted by atomic mass is 10.4. The average molecular weight is 204 g/mol. The van der Waals surface area contributed by atoms with E-state index in [-0.39, 0.29) is 12.5 Å². The number of hydrogen-bond acceptors (Lipinski definition) is 4. The Morgan fingerprint density at radius 3 is 2.71 bits per heavy atom. The first kappa shape index (κ1) is 13.4. The molecule has 5 nitrogen and oxygen atoms in total. The highest BCUT2D eigenvalue weighted by Crippen LogP contribution is 1.79. The highest BCUT2D eigenvalue weighted by atomic mass is 16.5. The molecule has 5 heteroatoms. The van der Waals surface area contributed by atoms with Crippen molar-refractivity contribution in [3.8, 4) is 0 Å². The number of aliphatic hydroxyl groups excluding tert-OH is 1. The molecule has 0 aromatic heterocycles. The molecule has 3 N–H and O–H groups in total. The number of carbonyl (C=O) groups is 1. The third-order valence-electron chi connectivity index (χ3n) is 1.55. The predicted molar refractivity (Wildman–Crippen MR) is 54.1 cm³/mol. The summed E-state index contributed by atoms with van der Waals surface area (Å²) >= 11 is 0. The van der Waals surface area contributed by atoms with E-state index >= 15 is 0 Å². The zero-order chi connectivity index (χ0) is 10.6. The van der Waals surface area contributed by atoms with Gasteiger partial charge in [0.1, 0.15) is 0 Å². The highest BCUT2D eigenvalue weighted by Gasteiger charge is 1.91. The maximum absolute atomic E-state index is 10.5. The molecular weight excluding hydrogens is 184 g/mol. The summed E-state index contributed by atoms with van der Waals surface area (Å²) in [5.74, 6) is -0.00178. The first-order valence-electron chi connectivity index (χ1n) is 4.91.